The molecular weight excluding hydrogens is 1020 g/mol. The van der Waals surface area contributed by atoms with E-state index in [1.54, 1.807) is 6.08 Å². The molecular formula is C80H151NO3. The van der Waals surface area contributed by atoms with Gasteiger partial charge in [0.2, 0.25) is 5.91 Å². The molecule has 0 radical (unpaired) electrons. The largest absolute Gasteiger partial charge is 0.394 e. The van der Waals surface area contributed by atoms with Crippen molar-refractivity contribution in [3.05, 3.63) is 60.8 Å². The summed E-state index contributed by atoms with van der Waals surface area (Å²) >= 11 is 0. The maximum absolute atomic E-state index is 12.6. The van der Waals surface area contributed by atoms with Gasteiger partial charge in [0.05, 0.1) is 18.8 Å². The van der Waals surface area contributed by atoms with Crippen LogP contribution in [0.15, 0.2) is 60.8 Å². The van der Waals surface area contributed by atoms with Crippen LogP contribution in [-0.4, -0.2) is 34.9 Å². The van der Waals surface area contributed by atoms with Crippen LogP contribution < -0.4 is 5.32 Å². The van der Waals surface area contributed by atoms with Crippen LogP contribution >= 0.6 is 0 Å². The lowest BCUT2D eigenvalue weighted by Gasteiger charge is -2.19. The molecule has 0 heterocycles. The van der Waals surface area contributed by atoms with Crippen molar-refractivity contribution in [2.45, 2.75) is 437 Å². The van der Waals surface area contributed by atoms with Crippen LogP contribution in [0.4, 0.5) is 0 Å². The van der Waals surface area contributed by atoms with Crippen molar-refractivity contribution in [2.75, 3.05) is 6.61 Å². The average molecular weight is 1180 g/mol. The maximum Gasteiger partial charge on any atom is 0.220 e. The van der Waals surface area contributed by atoms with Crippen molar-refractivity contribution in [3.63, 3.8) is 0 Å². The van der Waals surface area contributed by atoms with E-state index in [0.29, 0.717) is 6.42 Å². The molecule has 0 rings (SSSR count). The van der Waals surface area contributed by atoms with E-state index in [0.717, 1.165) is 44.9 Å². The number of carbonyl (C=O) groups excluding carboxylic acids is 1. The fourth-order valence-corrected chi connectivity index (χ4v) is 12.1. The molecule has 0 aromatic carbocycles. The highest BCUT2D eigenvalue weighted by molar-refractivity contribution is 5.76. The van der Waals surface area contributed by atoms with Crippen molar-refractivity contribution in [2.24, 2.45) is 0 Å². The topological polar surface area (TPSA) is 69.6 Å². The fourth-order valence-electron chi connectivity index (χ4n) is 12.1. The quantitative estimate of drug-likeness (QED) is 0.0420. The highest BCUT2D eigenvalue weighted by Gasteiger charge is 2.18. The highest BCUT2D eigenvalue weighted by atomic mass is 16.3. The van der Waals surface area contributed by atoms with Crippen LogP contribution in [0.2, 0.25) is 0 Å². The summed E-state index contributed by atoms with van der Waals surface area (Å²) in [7, 11) is 0. The van der Waals surface area contributed by atoms with Crippen LogP contribution in [0, 0.1) is 0 Å². The van der Waals surface area contributed by atoms with Crippen LogP contribution in [0.1, 0.15) is 425 Å². The lowest BCUT2D eigenvalue weighted by atomic mass is 10.0. The Labute approximate surface area is 527 Å². The number of amides is 1. The first-order chi connectivity index (χ1) is 41.7. The lowest BCUT2D eigenvalue weighted by molar-refractivity contribution is -0.123. The molecule has 0 aliphatic carbocycles. The molecule has 0 aromatic rings. The number of rotatable bonds is 72. The molecule has 0 aliphatic rings. The Balaban J connectivity index is 3.44. The first kappa shape index (κ1) is 82.1. The zero-order valence-electron chi connectivity index (χ0n) is 57.2. The van der Waals surface area contributed by atoms with E-state index in [2.05, 4.69) is 67.8 Å². The molecule has 0 bridgehead atoms. The molecule has 0 fully saturated rings. The number of aliphatic hydroxyl groups is 2. The summed E-state index contributed by atoms with van der Waals surface area (Å²) in [6, 6.07) is -0.648. The minimum absolute atomic E-state index is 0.0702. The van der Waals surface area contributed by atoms with E-state index in [1.165, 1.54) is 360 Å². The van der Waals surface area contributed by atoms with Gasteiger partial charge in [-0.25, -0.2) is 0 Å². The molecule has 0 saturated heterocycles. The van der Waals surface area contributed by atoms with Crippen LogP contribution in [-0.2, 0) is 4.79 Å². The van der Waals surface area contributed by atoms with E-state index in [4.69, 9.17) is 0 Å². The van der Waals surface area contributed by atoms with Gasteiger partial charge in [-0.2, -0.15) is 0 Å². The van der Waals surface area contributed by atoms with E-state index < -0.39 is 12.1 Å². The second-order valence-electron chi connectivity index (χ2n) is 26.4. The molecule has 3 N–H and O–H groups in total. The summed E-state index contributed by atoms with van der Waals surface area (Å²) < 4.78 is 0. The van der Waals surface area contributed by atoms with Gasteiger partial charge in [0, 0.05) is 6.42 Å². The Morgan fingerprint density at radius 1 is 0.286 bits per heavy atom. The minimum Gasteiger partial charge on any atom is -0.394 e. The van der Waals surface area contributed by atoms with Gasteiger partial charge in [0.15, 0.2) is 0 Å². The molecule has 494 valence electrons. The van der Waals surface area contributed by atoms with Gasteiger partial charge in [0.25, 0.3) is 0 Å². The summed E-state index contributed by atoms with van der Waals surface area (Å²) in [5.41, 5.74) is 0. The standard InChI is InChI=1S/C80H151NO3/c1-3-5-7-9-11-13-15-17-19-21-23-25-27-29-31-33-35-37-38-39-40-41-42-44-46-48-50-52-54-56-58-60-62-64-66-68-70-72-74-76-80(84)81-78(77-82)79(83)75-73-71-69-67-65-63-61-59-57-55-53-51-49-47-45-43-36-34-32-30-28-26-24-22-20-18-16-14-12-10-8-6-4-2/h15,17,21,23,57,59,65,67,73,75,78-79,82-83H,3-14,16,18-20,22,24-56,58,60-64,66,68-72,74,76-77H2,1-2H3,(H,81,84)/b17-15-,23-21-,59-57+,67-65+,75-73+. The number of carbonyl (C=O) groups is 1. The second kappa shape index (κ2) is 75.3. The van der Waals surface area contributed by atoms with Crippen LogP contribution in [0.5, 0.6) is 0 Å². The molecule has 0 spiro atoms. The Bertz CT molecular complexity index is 1380. The molecule has 2 atom stereocenters. The Hall–Kier alpha value is -1.91. The number of hydrogen-bond acceptors (Lipinski definition) is 3. The summed E-state index contributed by atoms with van der Waals surface area (Å²) in [5.74, 6) is -0.0702. The van der Waals surface area contributed by atoms with Crippen molar-refractivity contribution in [3.8, 4) is 0 Å². The zero-order valence-corrected chi connectivity index (χ0v) is 57.2. The van der Waals surface area contributed by atoms with E-state index >= 15 is 0 Å². The van der Waals surface area contributed by atoms with Gasteiger partial charge in [-0.15, -0.1) is 0 Å². The van der Waals surface area contributed by atoms with E-state index in [-0.39, 0.29) is 12.5 Å². The van der Waals surface area contributed by atoms with Crippen LogP contribution in [0.3, 0.4) is 0 Å². The van der Waals surface area contributed by atoms with Crippen molar-refractivity contribution < 1.29 is 15.0 Å². The Morgan fingerprint density at radius 2 is 0.500 bits per heavy atom. The number of unbranched alkanes of at least 4 members (excludes halogenated alkanes) is 57. The van der Waals surface area contributed by atoms with Crippen molar-refractivity contribution in [1.29, 1.82) is 0 Å². The fraction of sp³-hybridized carbons (Fsp3) is 0.863. The number of nitrogens with one attached hydrogen (secondary N) is 1. The predicted octanol–water partition coefficient (Wildman–Crippen LogP) is 26.6. The second-order valence-corrected chi connectivity index (χ2v) is 26.4. The maximum atomic E-state index is 12.6. The highest BCUT2D eigenvalue weighted by Crippen LogP contribution is 2.19. The first-order valence-electron chi connectivity index (χ1n) is 38.5. The van der Waals surface area contributed by atoms with Crippen LogP contribution in [0.25, 0.3) is 0 Å². The number of hydrogen-bond donors (Lipinski definition) is 3. The third kappa shape index (κ3) is 70.8. The molecule has 4 nitrogen and oxygen atoms in total. The number of allylic oxidation sites excluding steroid dienone is 9. The summed E-state index contributed by atoms with van der Waals surface area (Å²) in [5, 5.41) is 23.3. The first-order valence-corrected chi connectivity index (χ1v) is 38.5. The summed E-state index contributed by atoms with van der Waals surface area (Å²) in [4.78, 5) is 12.6. The van der Waals surface area contributed by atoms with Gasteiger partial charge < -0.3 is 15.5 Å². The smallest absolute Gasteiger partial charge is 0.220 e. The Kier molecular flexibility index (Phi) is 73.6. The summed E-state index contributed by atoms with van der Waals surface area (Å²) in [6.45, 7) is 4.33. The van der Waals surface area contributed by atoms with Gasteiger partial charge in [-0.05, 0) is 77.0 Å². The van der Waals surface area contributed by atoms with Gasteiger partial charge >= 0.3 is 0 Å². The minimum atomic E-state index is -0.873. The Morgan fingerprint density at radius 3 is 0.762 bits per heavy atom. The molecule has 4 heteroatoms. The van der Waals surface area contributed by atoms with Gasteiger partial charge in [0.1, 0.15) is 0 Å². The van der Waals surface area contributed by atoms with E-state index in [9.17, 15) is 15.0 Å². The predicted molar refractivity (Wildman–Crippen MR) is 378 cm³/mol. The lowest BCUT2D eigenvalue weighted by Crippen LogP contribution is -2.45. The molecule has 0 aliphatic heterocycles. The van der Waals surface area contributed by atoms with Gasteiger partial charge in [-0.3, -0.25) is 4.79 Å². The monoisotopic (exact) mass is 1170 g/mol. The average Bonchev–Trinajstić information content (AvgIpc) is 3.51. The molecule has 84 heavy (non-hydrogen) atoms. The molecule has 2 unspecified atom stereocenters. The van der Waals surface area contributed by atoms with Crippen molar-refractivity contribution >= 4 is 5.91 Å². The van der Waals surface area contributed by atoms with Gasteiger partial charge in [-0.1, -0.05) is 402 Å². The molecule has 0 aromatic heterocycles. The zero-order chi connectivity index (χ0) is 60.5. The molecule has 1 amide bonds. The normalized spacial score (nSPS) is 13.0. The number of aliphatic hydroxyl groups excluding tert-OH is 2. The van der Waals surface area contributed by atoms with Crippen molar-refractivity contribution in [1.82, 2.24) is 5.32 Å². The summed E-state index contributed by atoms with van der Waals surface area (Å²) in [6.07, 6.45) is 108. The SMILES string of the molecule is CCCCCCC/C=C\C/C=C\CCCCCCCCCCCCCCCCCCCCCCCCCCCCCC(=O)NC(CO)C(O)/C=C/CC/C=C/CC/C=C/CCCCCCCCCCCCCCCCCCCCCCCCC. The molecule has 0 saturated carbocycles. The third-order valence-electron chi connectivity index (χ3n) is 18.0. The van der Waals surface area contributed by atoms with E-state index in [1.807, 2.05) is 6.08 Å². The third-order valence-corrected chi connectivity index (χ3v) is 18.0.